The van der Waals surface area contributed by atoms with Crippen molar-refractivity contribution in [3.05, 3.63) is 50.1 Å². The van der Waals surface area contributed by atoms with Crippen LogP contribution in [0, 0.1) is 0 Å². The van der Waals surface area contributed by atoms with Crippen LogP contribution in [0.5, 0.6) is 5.75 Å². The number of nitrogens with one attached hydrogen (secondary N) is 1. The van der Waals surface area contributed by atoms with Crippen molar-refractivity contribution in [2.75, 3.05) is 6.54 Å². The van der Waals surface area contributed by atoms with Crippen LogP contribution in [0.25, 0.3) is 0 Å². The van der Waals surface area contributed by atoms with Gasteiger partial charge in [-0.3, -0.25) is 0 Å². The molecule has 2 nitrogen and oxygen atoms in total. The maximum atomic E-state index is 6.24. The fourth-order valence-electron chi connectivity index (χ4n) is 1.83. The zero-order chi connectivity index (χ0) is 14.4. The summed E-state index contributed by atoms with van der Waals surface area (Å²) >= 11 is 13.7. The number of hydrogen-bond acceptors (Lipinski definition) is 3. The summed E-state index contributed by atoms with van der Waals surface area (Å²) in [7, 11) is 0. The zero-order valence-corrected chi connectivity index (χ0v) is 13.6. The number of benzene rings is 1. The van der Waals surface area contributed by atoms with Crippen LogP contribution in [0.15, 0.2) is 30.3 Å². The summed E-state index contributed by atoms with van der Waals surface area (Å²) in [5.41, 5.74) is 1.08. The predicted octanol–water partition coefficient (Wildman–Crippen LogP) is 5.13. The summed E-state index contributed by atoms with van der Waals surface area (Å²) in [5, 5.41) is 4.01. The minimum atomic E-state index is 0.488. The second-order valence-corrected chi connectivity index (χ2v) is 6.61. The van der Waals surface area contributed by atoms with Gasteiger partial charge < -0.3 is 10.1 Å². The summed E-state index contributed by atoms with van der Waals surface area (Å²) in [6.45, 7) is 4.37. The molecule has 0 spiro atoms. The lowest BCUT2D eigenvalue weighted by molar-refractivity contribution is 0.306. The maximum absolute atomic E-state index is 6.24. The van der Waals surface area contributed by atoms with E-state index in [2.05, 4.69) is 12.2 Å². The third-order valence-electron chi connectivity index (χ3n) is 2.78. The van der Waals surface area contributed by atoms with Crippen LogP contribution >= 0.6 is 34.5 Å². The van der Waals surface area contributed by atoms with Gasteiger partial charge >= 0.3 is 0 Å². The molecule has 0 atom stereocenters. The van der Waals surface area contributed by atoms with Crippen molar-refractivity contribution in [1.82, 2.24) is 5.32 Å². The normalized spacial score (nSPS) is 10.8. The van der Waals surface area contributed by atoms with Crippen molar-refractivity contribution in [3.8, 4) is 5.75 Å². The first-order valence-corrected chi connectivity index (χ1v) is 8.13. The first kappa shape index (κ1) is 15.6. The third kappa shape index (κ3) is 4.38. The van der Waals surface area contributed by atoms with Gasteiger partial charge in [-0.05, 0) is 31.2 Å². The molecular formula is C15H17Cl2NOS. The van der Waals surface area contributed by atoms with Gasteiger partial charge in [0, 0.05) is 17.0 Å². The van der Waals surface area contributed by atoms with E-state index in [4.69, 9.17) is 27.9 Å². The maximum Gasteiger partial charge on any atom is 0.142 e. The molecule has 5 heteroatoms. The van der Waals surface area contributed by atoms with Crippen LogP contribution < -0.4 is 10.1 Å². The molecule has 0 radical (unpaired) electrons. The lowest BCUT2D eigenvalue weighted by Crippen LogP contribution is -2.14. The highest BCUT2D eigenvalue weighted by Gasteiger charge is 2.09. The topological polar surface area (TPSA) is 21.3 Å². The summed E-state index contributed by atoms with van der Waals surface area (Å²) in [5.74, 6) is 0.752. The van der Waals surface area contributed by atoms with E-state index in [-0.39, 0.29) is 0 Å². The Labute approximate surface area is 133 Å². The minimum absolute atomic E-state index is 0.488. The molecule has 0 aliphatic heterocycles. The smallest absolute Gasteiger partial charge is 0.142 e. The van der Waals surface area contributed by atoms with Crippen molar-refractivity contribution in [3.63, 3.8) is 0 Å². The van der Waals surface area contributed by atoms with E-state index in [1.54, 1.807) is 0 Å². The molecule has 1 heterocycles. The predicted molar refractivity (Wildman–Crippen MR) is 87.1 cm³/mol. The van der Waals surface area contributed by atoms with E-state index < -0.39 is 0 Å². The summed E-state index contributed by atoms with van der Waals surface area (Å²) in [4.78, 5) is 1.09. The third-order valence-corrected chi connectivity index (χ3v) is 4.28. The Hall–Kier alpha value is -0.740. The summed E-state index contributed by atoms with van der Waals surface area (Å²) < 4.78 is 6.65. The monoisotopic (exact) mass is 329 g/mol. The molecule has 0 fully saturated rings. The highest BCUT2D eigenvalue weighted by atomic mass is 35.5. The molecule has 0 unspecified atom stereocenters. The molecule has 108 valence electrons. The van der Waals surface area contributed by atoms with E-state index in [0.717, 1.165) is 40.0 Å². The molecule has 1 aromatic heterocycles. The van der Waals surface area contributed by atoms with Crippen LogP contribution in [-0.4, -0.2) is 6.54 Å². The number of ether oxygens (including phenoxy) is 1. The number of halogens is 2. The summed E-state index contributed by atoms with van der Waals surface area (Å²) in [6, 6.07) is 9.67. The fourth-order valence-corrected chi connectivity index (χ4v) is 3.08. The molecule has 0 aliphatic carbocycles. The van der Waals surface area contributed by atoms with Gasteiger partial charge in [0.1, 0.15) is 12.4 Å². The van der Waals surface area contributed by atoms with Crippen LogP contribution in [-0.2, 0) is 13.2 Å². The fraction of sp³-hybridized carbons (Fsp3) is 0.333. The van der Waals surface area contributed by atoms with Gasteiger partial charge in [0.25, 0.3) is 0 Å². The van der Waals surface area contributed by atoms with E-state index in [1.165, 1.54) is 11.3 Å². The highest BCUT2D eigenvalue weighted by molar-refractivity contribution is 7.16. The second kappa shape index (κ2) is 7.89. The molecule has 2 aromatic rings. The van der Waals surface area contributed by atoms with Gasteiger partial charge in [0.05, 0.1) is 9.36 Å². The number of para-hydroxylation sites is 1. The van der Waals surface area contributed by atoms with Crippen LogP contribution in [0.3, 0.4) is 0 Å². The number of rotatable bonds is 7. The summed E-state index contributed by atoms with van der Waals surface area (Å²) in [6.07, 6.45) is 1.10. The Morgan fingerprint density at radius 1 is 1.20 bits per heavy atom. The molecule has 0 amide bonds. The lowest BCUT2D eigenvalue weighted by atomic mass is 10.2. The molecule has 0 saturated carbocycles. The Kier molecular flexibility index (Phi) is 6.17. The van der Waals surface area contributed by atoms with Gasteiger partial charge in [-0.25, -0.2) is 0 Å². The Morgan fingerprint density at radius 2 is 2.05 bits per heavy atom. The van der Waals surface area contributed by atoms with E-state index >= 15 is 0 Å². The Balaban J connectivity index is 2.04. The Morgan fingerprint density at radius 3 is 2.75 bits per heavy atom. The lowest BCUT2D eigenvalue weighted by Gasteiger charge is -2.13. The SMILES string of the molecule is CCCNCc1cccc(Cl)c1OCc1ccc(Cl)s1. The van der Waals surface area contributed by atoms with E-state index in [9.17, 15) is 0 Å². The van der Waals surface area contributed by atoms with Gasteiger partial charge in [0.15, 0.2) is 0 Å². The highest BCUT2D eigenvalue weighted by Crippen LogP contribution is 2.30. The minimum Gasteiger partial charge on any atom is -0.486 e. The first-order chi connectivity index (χ1) is 9.70. The van der Waals surface area contributed by atoms with E-state index in [0.29, 0.717) is 11.6 Å². The van der Waals surface area contributed by atoms with Crippen molar-refractivity contribution < 1.29 is 4.74 Å². The van der Waals surface area contributed by atoms with Gasteiger partial charge in [0.2, 0.25) is 0 Å². The molecule has 2 rings (SSSR count). The Bertz CT molecular complexity index is 557. The molecule has 1 aromatic carbocycles. The van der Waals surface area contributed by atoms with E-state index in [1.807, 2.05) is 30.3 Å². The quantitative estimate of drug-likeness (QED) is 0.710. The van der Waals surface area contributed by atoms with Crippen LogP contribution in [0.4, 0.5) is 0 Å². The standard InChI is InChI=1S/C15H17Cl2NOS/c1-2-8-18-9-11-4-3-5-13(16)15(11)19-10-12-6-7-14(17)20-12/h3-7,18H,2,8-10H2,1H3. The van der Waals surface area contributed by atoms with Crippen molar-refractivity contribution >= 4 is 34.5 Å². The molecule has 1 N–H and O–H groups in total. The van der Waals surface area contributed by atoms with Crippen molar-refractivity contribution in [2.45, 2.75) is 26.5 Å². The van der Waals surface area contributed by atoms with Crippen molar-refractivity contribution in [2.24, 2.45) is 0 Å². The second-order valence-electron chi connectivity index (χ2n) is 4.40. The number of thiophene rings is 1. The molecule has 20 heavy (non-hydrogen) atoms. The zero-order valence-electron chi connectivity index (χ0n) is 11.3. The van der Waals surface area contributed by atoms with Crippen molar-refractivity contribution in [1.29, 1.82) is 0 Å². The largest absolute Gasteiger partial charge is 0.486 e. The molecule has 0 aliphatic rings. The van der Waals surface area contributed by atoms with Gasteiger partial charge in [-0.15, -0.1) is 11.3 Å². The average molecular weight is 330 g/mol. The molecule has 0 saturated heterocycles. The van der Waals surface area contributed by atoms with Crippen LogP contribution in [0.2, 0.25) is 9.36 Å². The molecule has 0 bridgehead atoms. The average Bonchev–Trinajstić information content (AvgIpc) is 2.84. The first-order valence-electron chi connectivity index (χ1n) is 6.56. The van der Waals surface area contributed by atoms with Gasteiger partial charge in [-0.1, -0.05) is 42.3 Å². The van der Waals surface area contributed by atoms with Crippen LogP contribution in [0.1, 0.15) is 23.8 Å². The number of hydrogen-bond donors (Lipinski definition) is 1. The molecular weight excluding hydrogens is 313 g/mol. The van der Waals surface area contributed by atoms with Gasteiger partial charge in [-0.2, -0.15) is 0 Å².